The molecule has 0 bridgehead atoms. The zero-order valence-electron chi connectivity index (χ0n) is 12.9. The molecule has 0 radical (unpaired) electrons. The number of amides is 3. The summed E-state index contributed by atoms with van der Waals surface area (Å²) in [6, 6.07) is 6.32. The van der Waals surface area contributed by atoms with Gasteiger partial charge in [0.1, 0.15) is 0 Å². The minimum atomic E-state index is -3.90. The van der Waals surface area contributed by atoms with Crippen molar-refractivity contribution in [2.45, 2.75) is 20.3 Å². The van der Waals surface area contributed by atoms with Crippen molar-refractivity contribution in [2.75, 3.05) is 12.3 Å². The van der Waals surface area contributed by atoms with Gasteiger partial charge in [-0.15, -0.1) is 0 Å². The molecule has 0 unspecified atom stereocenters. The lowest BCUT2D eigenvalue weighted by molar-refractivity contribution is -0.122. The monoisotopic (exact) mass is 338 g/mol. The molecule has 23 heavy (non-hydrogen) atoms. The lowest BCUT2D eigenvalue weighted by Gasteiger charge is -2.15. The number of carbonyl (C=O) groups is 3. The molecule has 1 heterocycles. The second-order valence-electron chi connectivity index (χ2n) is 5.40. The highest BCUT2D eigenvalue weighted by Gasteiger charge is 2.35. The number of carbonyl (C=O) groups excluding carboxylic acids is 3. The number of hydrogen-bond acceptors (Lipinski definition) is 5. The Morgan fingerprint density at radius 3 is 2.17 bits per heavy atom. The summed E-state index contributed by atoms with van der Waals surface area (Å²) >= 11 is 0. The van der Waals surface area contributed by atoms with Crippen molar-refractivity contribution in [3.05, 3.63) is 35.4 Å². The van der Waals surface area contributed by atoms with E-state index in [1.165, 1.54) is 12.1 Å². The van der Waals surface area contributed by atoms with E-state index in [0.717, 1.165) is 4.90 Å². The highest BCUT2D eigenvalue weighted by atomic mass is 32.2. The zero-order valence-corrected chi connectivity index (χ0v) is 13.7. The average Bonchev–Trinajstić information content (AvgIpc) is 2.76. The summed E-state index contributed by atoms with van der Waals surface area (Å²) in [5.41, 5.74) is 0.525. The fourth-order valence-corrected chi connectivity index (χ4v) is 3.18. The number of imide groups is 1. The Bertz CT molecular complexity index is 722. The highest BCUT2D eigenvalue weighted by molar-refractivity contribution is 7.90. The largest absolute Gasteiger partial charge is 0.274 e. The Kier molecular flexibility index (Phi) is 4.84. The van der Waals surface area contributed by atoms with Crippen LogP contribution in [-0.2, 0) is 14.8 Å². The molecule has 0 aliphatic carbocycles. The Balaban J connectivity index is 2.03. The summed E-state index contributed by atoms with van der Waals surface area (Å²) in [7, 11) is -3.90. The van der Waals surface area contributed by atoms with Crippen molar-refractivity contribution < 1.29 is 22.8 Å². The first-order valence-electron chi connectivity index (χ1n) is 7.26. The fraction of sp³-hybridized carbons (Fsp3) is 0.400. The van der Waals surface area contributed by atoms with Gasteiger partial charge in [0, 0.05) is 12.5 Å². The number of rotatable bonds is 6. The predicted molar refractivity (Wildman–Crippen MR) is 83.2 cm³/mol. The molecule has 0 saturated heterocycles. The molecule has 2 rings (SSSR count). The van der Waals surface area contributed by atoms with Crippen LogP contribution >= 0.6 is 0 Å². The predicted octanol–water partition coefficient (Wildman–Crippen LogP) is 0.775. The van der Waals surface area contributed by atoms with Gasteiger partial charge >= 0.3 is 0 Å². The molecule has 8 heteroatoms. The van der Waals surface area contributed by atoms with Gasteiger partial charge in [0.25, 0.3) is 11.8 Å². The van der Waals surface area contributed by atoms with Crippen molar-refractivity contribution in [1.29, 1.82) is 0 Å². The summed E-state index contributed by atoms with van der Waals surface area (Å²) in [5.74, 6) is -2.57. The van der Waals surface area contributed by atoms with Crippen LogP contribution in [0.3, 0.4) is 0 Å². The topological polar surface area (TPSA) is 101 Å². The van der Waals surface area contributed by atoms with Crippen molar-refractivity contribution in [3.63, 3.8) is 0 Å². The summed E-state index contributed by atoms with van der Waals surface area (Å²) in [4.78, 5) is 36.8. The second-order valence-corrected chi connectivity index (χ2v) is 7.24. The third-order valence-corrected chi connectivity index (χ3v) is 5.01. The molecule has 0 fully saturated rings. The minimum Gasteiger partial charge on any atom is -0.274 e. The van der Waals surface area contributed by atoms with Gasteiger partial charge in [-0.05, 0) is 18.6 Å². The SMILES string of the molecule is CC[C@H](C)C(=O)NS(=O)(=O)CCN1C(=O)c2ccccc2C1=O. The summed E-state index contributed by atoms with van der Waals surface area (Å²) in [6.07, 6.45) is 0.514. The summed E-state index contributed by atoms with van der Waals surface area (Å²) in [6.45, 7) is 3.10. The van der Waals surface area contributed by atoms with Crippen LogP contribution in [-0.4, -0.2) is 43.3 Å². The van der Waals surface area contributed by atoms with Gasteiger partial charge in [0.05, 0.1) is 16.9 Å². The Labute approximate surface area is 134 Å². The van der Waals surface area contributed by atoms with Crippen LogP contribution in [0.25, 0.3) is 0 Å². The molecule has 0 saturated carbocycles. The zero-order chi connectivity index (χ0) is 17.2. The van der Waals surface area contributed by atoms with Gasteiger partial charge in [0.15, 0.2) is 0 Å². The smallest absolute Gasteiger partial charge is 0.261 e. The van der Waals surface area contributed by atoms with Crippen LogP contribution in [0.4, 0.5) is 0 Å². The average molecular weight is 338 g/mol. The van der Waals surface area contributed by atoms with Gasteiger partial charge in [0.2, 0.25) is 15.9 Å². The van der Waals surface area contributed by atoms with Crippen LogP contribution in [0, 0.1) is 5.92 Å². The van der Waals surface area contributed by atoms with Crippen LogP contribution in [0.15, 0.2) is 24.3 Å². The summed E-state index contributed by atoms with van der Waals surface area (Å²) in [5, 5.41) is 0. The maximum Gasteiger partial charge on any atom is 0.261 e. The first-order valence-corrected chi connectivity index (χ1v) is 8.91. The third kappa shape index (κ3) is 3.58. The van der Waals surface area contributed by atoms with Crippen LogP contribution < -0.4 is 4.72 Å². The molecule has 1 aliphatic heterocycles. The molecule has 1 aromatic rings. The number of fused-ring (bicyclic) bond motifs is 1. The lowest BCUT2D eigenvalue weighted by Crippen LogP contribution is -2.41. The van der Waals surface area contributed by atoms with E-state index in [9.17, 15) is 22.8 Å². The van der Waals surface area contributed by atoms with Gasteiger partial charge in [-0.25, -0.2) is 8.42 Å². The standard InChI is InChI=1S/C15H18N2O5S/c1-3-10(2)13(18)16-23(21,22)9-8-17-14(19)11-6-4-5-7-12(11)15(17)20/h4-7,10H,3,8-9H2,1-2H3,(H,16,18)/t10-/m0/s1. The highest BCUT2D eigenvalue weighted by Crippen LogP contribution is 2.22. The molecule has 0 aromatic heterocycles. The van der Waals surface area contributed by atoms with E-state index in [1.807, 2.05) is 4.72 Å². The Morgan fingerprint density at radius 2 is 1.70 bits per heavy atom. The maximum absolute atomic E-state index is 12.1. The fourth-order valence-electron chi connectivity index (χ4n) is 2.14. The second kappa shape index (κ2) is 6.49. The van der Waals surface area contributed by atoms with Gasteiger partial charge < -0.3 is 0 Å². The number of sulfonamides is 1. The molecular weight excluding hydrogens is 320 g/mol. The minimum absolute atomic E-state index is 0.263. The molecule has 7 nitrogen and oxygen atoms in total. The van der Waals surface area contributed by atoms with Gasteiger partial charge in [-0.3, -0.25) is 24.0 Å². The number of nitrogens with zero attached hydrogens (tertiary/aromatic N) is 1. The van der Waals surface area contributed by atoms with Gasteiger partial charge in [-0.2, -0.15) is 0 Å². The van der Waals surface area contributed by atoms with Gasteiger partial charge in [-0.1, -0.05) is 26.0 Å². The molecule has 0 spiro atoms. The number of nitrogens with one attached hydrogen (secondary N) is 1. The molecule has 124 valence electrons. The van der Waals surface area contributed by atoms with E-state index in [-0.39, 0.29) is 17.7 Å². The van der Waals surface area contributed by atoms with E-state index in [0.29, 0.717) is 6.42 Å². The van der Waals surface area contributed by atoms with E-state index in [2.05, 4.69) is 0 Å². The van der Waals surface area contributed by atoms with Crippen LogP contribution in [0.1, 0.15) is 41.0 Å². The lowest BCUT2D eigenvalue weighted by atomic mass is 10.1. The van der Waals surface area contributed by atoms with Crippen LogP contribution in [0.2, 0.25) is 0 Å². The normalized spacial score (nSPS) is 15.5. The van der Waals surface area contributed by atoms with Crippen molar-refractivity contribution in [1.82, 2.24) is 9.62 Å². The molecule has 1 N–H and O–H groups in total. The Hall–Kier alpha value is -2.22. The first kappa shape index (κ1) is 17.1. The van der Waals surface area contributed by atoms with Crippen molar-refractivity contribution >= 4 is 27.7 Å². The van der Waals surface area contributed by atoms with Crippen molar-refractivity contribution in [2.24, 2.45) is 5.92 Å². The van der Waals surface area contributed by atoms with Crippen LogP contribution in [0.5, 0.6) is 0 Å². The molecule has 1 atom stereocenters. The number of hydrogen-bond donors (Lipinski definition) is 1. The maximum atomic E-state index is 12.1. The third-order valence-electron chi connectivity index (χ3n) is 3.78. The Morgan fingerprint density at radius 1 is 1.17 bits per heavy atom. The molecule has 1 aromatic carbocycles. The van der Waals surface area contributed by atoms with E-state index in [1.54, 1.807) is 26.0 Å². The van der Waals surface area contributed by atoms with Crippen molar-refractivity contribution in [3.8, 4) is 0 Å². The molecular formula is C15H18N2O5S. The molecule has 1 aliphatic rings. The van der Waals surface area contributed by atoms with E-state index < -0.39 is 39.4 Å². The summed E-state index contributed by atoms with van der Waals surface area (Å²) < 4.78 is 25.8. The quantitative estimate of drug-likeness (QED) is 0.772. The first-order chi connectivity index (χ1) is 10.8. The molecule has 3 amide bonds. The number of benzene rings is 1. The van der Waals surface area contributed by atoms with E-state index >= 15 is 0 Å². The van der Waals surface area contributed by atoms with E-state index in [4.69, 9.17) is 0 Å².